The number of nitrogens with zero attached hydrogens (tertiary/aromatic N) is 2. The van der Waals surface area contributed by atoms with Crippen LogP contribution >= 0.6 is 0 Å². The zero-order valence-corrected chi connectivity index (χ0v) is 13.0. The molecule has 0 aliphatic carbocycles. The highest BCUT2D eigenvalue weighted by Crippen LogP contribution is 2.21. The summed E-state index contributed by atoms with van der Waals surface area (Å²) in [6.45, 7) is 4.72. The van der Waals surface area contributed by atoms with Crippen molar-refractivity contribution in [1.29, 1.82) is 0 Å². The van der Waals surface area contributed by atoms with Crippen molar-refractivity contribution in [3.63, 3.8) is 0 Å². The molecule has 1 aliphatic rings. The van der Waals surface area contributed by atoms with Crippen molar-refractivity contribution in [2.24, 2.45) is 0 Å². The second-order valence-corrected chi connectivity index (χ2v) is 5.46. The molecule has 1 fully saturated rings. The molecule has 2 N–H and O–H groups in total. The molecule has 23 heavy (non-hydrogen) atoms. The fourth-order valence-corrected chi connectivity index (χ4v) is 2.51. The molecule has 2 heterocycles. The lowest BCUT2D eigenvalue weighted by Gasteiger charge is -2.27. The molecule has 2 aromatic rings. The van der Waals surface area contributed by atoms with Crippen molar-refractivity contribution in [3.05, 3.63) is 47.7 Å². The number of morpholine rings is 1. The van der Waals surface area contributed by atoms with Crippen molar-refractivity contribution in [2.75, 3.05) is 36.5 Å². The molecule has 0 unspecified atom stereocenters. The standard InChI is InChI=1S/C17H19N3O3/c1-12-10-14(21)2-3-15(12)19-17(22)13-4-5-18-16(11-13)20-6-8-23-9-7-20/h2-5,10-11,21H,6-9H2,1H3,(H,19,22). The van der Waals surface area contributed by atoms with Crippen LogP contribution < -0.4 is 10.2 Å². The van der Waals surface area contributed by atoms with Gasteiger partial charge in [-0.25, -0.2) is 4.98 Å². The van der Waals surface area contributed by atoms with Gasteiger partial charge in [0.25, 0.3) is 5.91 Å². The fraction of sp³-hybridized carbons (Fsp3) is 0.294. The third-order valence-electron chi connectivity index (χ3n) is 3.80. The summed E-state index contributed by atoms with van der Waals surface area (Å²) in [6, 6.07) is 8.33. The maximum Gasteiger partial charge on any atom is 0.255 e. The van der Waals surface area contributed by atoms with E-state index in [0.29, 0.717) is 24.5 Å². The molecule has 1 saturated heterocycles. The predicted molar refractivity (Wildman–Crippen MR) is 88.1 cm³/mol. The fourth-order valence-electron chi connectivity index (χ4n) is 2.51. The smallest absolute Gasteiger partial charge is 0.255 e. The Morgan fingerprint density at radius 1 is 1.26 bits per heavy atom. The third kappa shape index (κ3) is 3.60. The topological polar surface area (TPSA) is 74.7 Å². The molecule has 1 amide bonds. The van der Waals surface area contributed by atoms with Crippen LogP contribution in [0, 0.1) is 6.92 Å². The largest absolute Gasteiger partial charge is 0.508 e. The number of amides is 1. The second-order valence-electron chi connectivity index (χ2n) is 5.46. The number of ether oxygens (including phenoxy) is 1. The summed E-state index contributed by atoms with van der Waals surface area (Å²) in [4.78, 5) is 18.9. The average molecular weight is 313 g/mol. The van der Waals surface area contributed by atoms with Crippen molar-refractivity contribution in [1.82, 2.24) is 4.98 Å². The SMILES string of the molecule is Cc1cc(O)ccc1NC(=O)c1ccnc(N2CCOCC2)c1. The van der Waals surface area contributed by atoms with Crippen LogP contribution in [0.25, 0.3) is 0 Å². The van der Waals surface area contributed by atoms with Crippen LogP contribution in [0.4, 0.5) is 11.5 Å². The van der Waals surface area contributed by atoms with Gasteiger partial charge in [0.05, 0.1) is 13.2 Å². The van der Waals surface area contributed by atoms with Crippen molar-refractivity contribution >= 4 is 17.4 Å². The van der Waals surface area contributed by atoms with E-state index in [4.69, 9.17) is 4.74 Å². The van der Waals surface area contributed by atoms with E-state index in [0.717, 1.165) is 24.5 Å². The number of nitrogens with one attached hydrogen (secondary N) is 1. The Morgan fingerprint density at radius 3 is 2.78 bits per heavy atom. The molecule has 0 atom stereocenters. The minimum absolute atomic E-state index is 0.180. The van der Waals surface area contributed by atoms with Gasteiger partial charge in [-0.05, 0) is 42.8 Å². The van der Waals surface area contributed by atoms with E-state index in [2.05, 4.69) is 15.2 Å². The number of phenols is 1. The predicted octanol–water partition coefficient (Wildman–Crippen LogP) is 2.18. The molecular formula is C17H19N3O3. The van der Waals surface area contributed by atoms with Crippen LogP contribution in [0.1, 0.15) is 15.9 Å². The highest BCUT2D eigenvalue weighted by atomic mass is 16.5. The first-order valence-corrected chi connectivity index (χ1v) is 7.53. The Bertz CT molecular complexity index is 712. The monoisotopic (exact) mass is 313 g/mol. The van der Waals surface area contributed by atoms with Crippen LogP contribution in [0.5, 0.6) is 5.75 Å². The molecule has 1 aliphatic heterocycles. The number of pyridine rings is 1. The summed E-state index contributed by atoms with van der Waals surface area (Å²) in [7, 11) is 0. The normalized spacial score (nSPS) is 14.6. The molecule has 3 rings (SSSR count). The van der Waals surface area contributed by atoms with Gasteiger partial charge in [-0.15, -0.1) is 0 Å². The maximum atomic E-state index is 12.4. The van der Waals surface area contributed by atoms with Gasteiger partial charge in [-0.3, -0.25) is 4.79 Å². The number of hydrogen-bond donors (Lipinski definition) is 2. The number of benzene rings is 1. The first-order valence-electron chi connectivity index (χ1n) is 7.53. The lowest BCUT2D eigenvalue weighted by atomic mass is 10.1. The molecular weight excluding hydrogens is 294 g/mol. The average Bonchev–Trinajstić information content (AvgIpc) is 2.58. The highest BCUT2D eigenvalue weighted by molar-refractivity contribution is 6.05. The zero-order chi connectivity index (χ0) is 16.2. The summed E-state index contributed by atoms with van der Waals surface area (Å²) in [5.74, 6) is 0.762. The van der Waals surface area contributed by atoms with Gasteiger partial charge in [-0.1, -0.05) is 0 Å². The van der Waals surface area contributed by atoms with Gasteiger partial charge < -0.3 is 20.1 Å². The van der Waals surface area contributed by atoms with Crippen LogP contribution in [0.3, 0.4) is 0 Å². The number of anilines is 2. The van der Waals surface area contributed by atoms with Gasteiger partial charge in [0, 0.05) is 30.5 Å². The number of phenolic OH excluding ortho intramolecular Hbond substituents is 1. The number of aromatic nitrogens is 1. The number of aromatic hydroxyl groups is 1. The van der Waals surface area contributed by atoms with Gasteiger partial charge >= 0.3 is 0 Å². The van der Waals surface area contributed by atoms with E-state index in [1.807, 2.05) is 6.92 Å². The summed E-state index contributed by atoms with van der Waals surface area (Å²) in [6.07, 6.45) is 1.64. The number of rotatable bonds is 3. The molecule has 1 aromatic heterocycles. The first kappa shape index (κ1) is 15.3. The van der Waals surface area contributed by atoms with E-state index in [9.17, 15) is 9.90 Å². The van der Waals surface area contributed by atoms with Crippen molar-refractivity contribution < 1.29 is 14.6 Å². The van der Waals surface area contributed by atoms with E-state index >= 15 is 0 Å². The Kier molecular flexibility index (Phi) is 4.43. The highest BCUT2D eigenvalue weighted by Gasteiger charge is 2.15. The summed E-state index contributed by atoms with van der Waals surface area (Å²) in [5.41, 5.74) is 2.03. The number of carbonyl (C=O) groups excluding carboxylic acids is 1. The van der Waals surface area contributed by atoms with Gasteiger partial charge in [0.2, 0.25) is 0 Å². The zero-order valence-electron chi connectivity index (χ0n) is 13.0. The number of hydrogen-bond acceptors (Lipinski definition) is 5. The lowest BCUT2D eigenvalue weighted by molar-refractivity contribution is 0.102. The quantitative estimate of drug-likeness (QED) is 0.850. The minimum atomic E-state index is -0.198. The van der Waals surface area contributed by atoms with Crippen LogP contribution in [0.15, 0.2) is 36.5 Å². The third-order valence-corrected chi connectivity index (χ3v) is 3.80. The Balaban J connectivity index is 1.76. The first-order chi connectivity index (χ1) is 11.1. The van der Waals surface area contributed by atoms with Gasteiger partial charge in [-0.2, -0.15) is 0 Å². The van der Waals surface area contributed by atoms with Crippen molar-refractivity contribution in [3.8, 4) is 5.75 Å². The number of aryl methyl sites for hydroxylation is 1. The van der Waals surface area contributed by atoms with Crippen LogP contribution in [0.2, 0.25) is 0 Å². The molecule has 0 bridgehead atoms. The Labute approximate surface area is 134 Å². The van der Waals surface area contributed by atoms with Crippen molar-refractivity contribution in [2.45, 2.75) is 6.92 Å². The van der Waals surface area contributed by atoms with E-state index in [1.165, 1.54) is 0 Å². The van der Waals surface area contributed by atoms with E-state index in [1.54, 1.807) is 36.5 Å². The molecule has 120 valence electrons. The summed E-state index contributed by atoms with van der Waals surface area (Å²) < 4.78 is 5.33. The molecule has 0 saturated carbocycles. The minimum Gasteiger partial charge on any atom is -0.508 e. The van der Waals surface area contributed by atoms with Gasteiger partial charge in [0.15, 0.2) is 0 Å². The second kappa shape index (κ2) is 6.66. The van der Waals surface area contributed by atoms with E-state index in [-0.39, 0.29) is 11.7 Å². The lowest BCUT2D eigenvalue weighted by Crippen LogP contribution is -2.36. The Morgan fingerprint density at radius 2 is 2.04 bits per heavy atom. The molecule has 0 spiro atoms. The maximum absolute atomic E-state index is 12.4. The van der Waals surface area contributed by atoms with Gasteiger partial charge in [0.1, 0.15) is 11.6 Å². The molecule has 6 nitrogen and oxygen atoms in total. The van der Waals surface area contributed by atoms with Crippen LogP contribution in [-0.2, 0) is 4.74 Å². The summed E-state index contributed by atoms with van der Waals surface area (Å²) in [5, 5.41) is 12.3. The molecule has 0 radical (unpaired) electrons. The molecule has 1 aromatic carbocycles. The number of carbonyl (C=O) groups is 1. The van der Waals surface area contributed by atoms with Crippen LogP contribution in [-0.4, -0.2) is 42.3 Å². The van der Waals surface area contributed by atoms with E-state index < -0.39 is 0 Å². The summed E-state index contributed by atoms with van der Waals surface area (Å²) >= 11 is 0. The Hall–Kier alpha value is -2.60. The molecule has 6 heteroatoms.